The van der Waals surface area contributed by atoms with Gasteiger partial charge in [-0.3, -0.25) is 0 Å². The van der Waals surface area contributed by atoms with Crippen LogP contribution < -0.4 is 0 Å². The second-order valence-electron chi connectivity index (χ2n) is 4.20. The van der Waals surface area contributed by atoms with Gasteiger partial charge in [0.2, 0.25) is 0 Å². The summed E-state index contributed by atoms with van der Waals surface area (Å²) in [5, 5.41) is 19.1. The van der Waals surface area contributed by atoms with E-state index in [0.29, 0.717) is 38.6 Å². The van der Waals surface area contributed by atoms with E-state index in [0.717, 1.165) is 12.8 Å². The topological polar surface area (TPSA) is 58.9 Å². The van der Waals surface area contributed by atoms with Gasteiger partial charge < -0.3 is 19.7 Å². The number of ether oxygens (including phenoxy) is 2. The largest absolute Gasteiger partial charge is 0.393 e. The van der Waals surface area contributed by atoms with Crippen molar-refractivity contribution in [2.45, 2.75) is 37.9 Å². The van der Waals surface area contributed by atoms with E-state index >= 15 is 0 Å². The van der Waals surface area contributed by atoms with Crippen LogP contribution in [-0.2, 0) is 9.47 Å². The molecule has 2 unspecified atom stereocenters. The van der Waals surface area contributed by atoms with E-state index in [4.69, 9.17) is 9.47 Å². The van der Waals surface area contributed by atoms with Crippen molar-refractivity contribution in [1.82, 2.24) is 0 Å². The number of hydrogen-bond acceptors (Lipinski definition) is 4. The summed E-state index contributed by atoms with van der Waals surface area (Å²) in [6.45, 7) is 1.40. The van der Waals surface area contributed by atoms with Crippen molar-refractivity contribution in [3.63, 3.8) is 0 Å². The number of aliphatic hydroxyl groups excluding tert-OH is 2. The molecule has 0 aromatic rings. The SMILES string of the molecule is COCCOCC(O)CCC(O)C1CC1. The summed E-state index contributed by atoms with van der Waals surface area (Å²) in [6, 6.07) is 0. The number of rotatable bonds is 9. The highest BCUT2D eigenvalue weighted by molar-refractivity contribution is 4.81. The average Bonchev–Trinajstić information content (AvgIpc) is 3.04. The lowest BCUT2D eigenvalue weighted by Crippen LogP contribution is -2.20. The van der Waals surface area contributed by atoms with Gasteiger partial charge in [0, 0.05) is 7.11 Å². The Morgan fingerprint density at radius 3 is 2.53 bits per heavy atom. The van der Waals surface area contributed by atoms with Gasteiger partial charge in [0.25, 0.3) is 0 Å². The van der Waals surface area contributed by atoms with Crippen molar-refractivity contribution in [3.8, 4) is 0 Å². The molecule has 2 N–H and O–H groups in total. The zero-order valence-electron chi connectivity index (χ0n) is 9.39. The molecule has 0 radical (unpaired) electrons. The van der Waals surface area contributed by atoms with Crippen LogP contribution in [0.5, 0.6) is 0 Å². The van der Waals surface area contributed by atoms with Crippen LogP contribution in [0.1, 0.15) is 25.7 Å². The van der Waals surface area contributed by atoms with Gasteiger partial charge >= 0.3 is 0 Å². The van der Waals surface area contributed by atoms with Crippen LogP contribution in [-0.4, -0.2) is 49.4 Å². The van der Waals surface area contributed by atoms with Crippen molar-refractivity contribution >= 4 is 0 Å². The highest BCUT2D eigenvalue weighted by atomic mass is 16.5. The van der Waals surface area contributed by atoms with Gasteiger partial charge in [-0.1, -0.05) is 0 Å². The van der Waals surface area contributed by atoms with Crippen LogP contribution in [0.3, 0.4) is 0 Å². The molecule has 1 saturated carbocycles. The molecule has 1 fully saturated rings. The van der Waals surface area contributed by atoms with Gasteiger partial charge in [-0.05, 0) is 31.6 Å². The summed E-state index contributed by atoms with van der Waals surface area (Å²) >= 11 is 0. The van der Waals surface area contributed by atoms with E-state index < -0.39 is 6.10 Å². The molecule has 1 aliphatic carbocycles. The second-order valence-corrected chi connectivity index (χ2v) is 4.20. The predicted octanol–water partition coefficient (Wildman–Crippen LogP) is 0.561. The Bertz CT molecular complexity index is 159. The summed E-state index contributed by atoms with van der Waals surface area (Å²) in [6.07, 6.45) is 2.89. The van der Waals surface area contributed by atoms with E-state index in [1.807, 2.05) is 0 Å². The third-order valence-corrected chi connectivity index (χ3v) is 2.70. The molecule has 0 spiro atoms. The molecule has 0 aromatic heterocycles. The van der Waals surface area contributed by atoms with Crippen LogP contribution in [0.2, 0.25) is 0 Å². The Morgan fingerprint density at radius 1 is 1.20 bits per heavy atom. The third kappa shape index (κ3) is 6.10. The van der Waals surface area contributed by atoms with Crippen molar-refractivity contribution in [3.05, 3.63) is 0 Å². The molecular weight excluding hydrogens is 196 g/mol. The molecular formula is C11H22O4. The Balaban J connectivity index is 1.90. The zero-order valence-corrected chi connectivity index (χ0v) is 9.39. The number of hydrogen-bond donors (Lipinski definition) is 2. The summed E-state index contributed by atoms with van der Waals surface area (Å²) < 4.78 is 10.0. The summed E-state index contributed by atoms with van der Waals surface area (Å²) in [7, 11) is 1.62. The molecule has 0 bridgehead atoms. The maximum Gasteiger partial charge on any atom is 0.0774 e. The highest BCUT2D eigenvalue weighted by Gasteiger charge is 2.29. The first kappa shape index (κ1) is 12.9. The molecule has 15 heavy (non-hydrogen) atoms. The number of methoxy groups -OCH3 is 1. The molecule has 0 amide bonds. The molecule has 1 rings (SSSR count). The molecule has 0 aromatic carbocycles. The first-order valence-electron chi connectivity index (χ1n) is 5.67. The zero-order chi connectivity index (χ0) is 11.1. The van der Waals surface area contributed by atoms with Gasteiger partial charge in [0.05, 0.1) is 32.0 Å². The van der Waals surface area contributed by atoms with Crippen molar-refractivity contribution in [2.75, 3.05) is 26.9 Å². The van der Waals surface area contributed by atoms with E-state index in [1.165, 1.54) is 0 Å². The van der Waals surface area contributed by atoms with Crippen LogP contribution in [0.25, 0.3) is 0 Å². The van der Waals surface area contributed by atoms with E-state index in [1.54, 1.807) is 7.11 Å². The van der Waals surface area contributed by atoms with E-state index in [9.17, 15) is 10.2 Å². The second kappa shape index (κ2) is 7.17. The van der Waals surface area contributed by atoms with Crippen LogP contribution >= 0.6 is 0 Å². The van der Waals surface area contributed by atoms with Crippen molar-refractivity contribution in [2.24, 2.45) is 5.92 Å². The van der Waals surface area contributed by atoms with Crippen molar-refractivity contribution < 1.29 is 19.7 Å². The Labute approximate surface area is 91.2 Å². The smallest absolute Gasteiger partial charge is 0.0774 e. The molecule has 0 saturated heterocycles. The standard InChI is InChI=1S/C11H22O4/c1-14-6-7-15-8-10(12)4-5-11(13)9-2-3-9/h9-13H,2-8H2,1H3. The summed E-state index contributed by atoms with van der Waals surface area (Å²) in [5.74, 6) is 0.492. The lowest BCUT2D eigenvalue weighted by atomic mass is 10.1. The molecule has 2 atom stereocenters. The van der Waals surface area contributed by atoms with Crippen LogP contribution in [0, 0.1) is 5.92 Å². The predicted molar refractivity (Wildman–Crippen MR) is 56.7 cm³/mol. The Morgan fingerprint density at radius 2 is 1.93 bits per heavy atom. The minimum atomic E-state index is -0.463. The monoisotopic (exact) mass is 218 g/mol. The first-order chi connectivity index (χ1) is 7.24. The van der Waals surface area contributed by atoms with Gasteiger partial charge in [0.15, 0.2) is 0 Å². The Kier molecular flexibility index (Phi) is 6.17. The maximum atomic E-state index is 9.58. The maximum absolute atomic E-state index is 9.58. The minimum Gasteiger partial charge on any atom is -0.393 e. The van der Waals surface area contributed by atoms with E-state index in [-0.39, 0.29) is 6.10 Å². The fourth-order valence-corrected chi connectivity index (χ4v) is 1.52. The lowest BCUT2D eigenvalue weighted by molar-refractivity contribution is 0.00375. The van der Waals surface area contributed by atoms with Crippen molar-refractivity contribution in [1.29, 1.82) is 0 Å². The summed E-state index contributed by atoms with van der Waals surface area (Å²) in [5.41, 5.74) is 0. The number of aliphatic hydroxyl groups is 2. The van der Waals surface area contributed by atoms with Gasteiger partial charge in [-0.15, -0.1) is 0 Å². The van der Waals surface area contributed by atoms with E-state index in [2.05, 4.69) is 0 Å². The molecule has 1 aliphatic rings. The van der Waals surface area contributed by atoms with Gasteiger partial charge in [-0.25, -0.2) is 0 Å². The normalized spacial score (nSPS) is 20.2. The molecule has 0 heterocycles. The fraction of sp³-hybridized carbons (Fsp3) is 1.00. The quantitative estimate of drug-likeness (QED) is 0.555. The minimum absolute atomic E-state index is 0.223. The molecule has 90 valence electrons. The third-order valence-electron chi connectivity index (χ3n) is 2.70. The molecule has 4 heteroatoms. The fourth-order valence-electron chi connectivity index (χ4n) is 1.52. The lowest BCUT2D eigenvalue weighted by Gasteiger charge is -2.13. The Hall–Kier alpha value is -0.160. The van der Waals surface area contributed by atoms with Crippen LogP contribution in [0.4, 0.5) is 0 Å². The summed E-state index contributed by atoms with van der Waals surface area (Å²) in [4.78, 5) is 0. The molecule has 4 nitrogen and oxygen atoms in total. The van der Waals surface area contributed by atoms with Gasteiger partial charge in [-0.2, -0.15) is 0 Å². The average molecular weight is 218 g/mol. The van der Waals surface area contributed by atoms with Crippen LogP contribution in [0.15, 0.2) is 0 Å². The highest BCUT2D eigenvalue weighted by Crippen LogP contribution is 2.34. The molecule has 0 aliphatic heterocycles. The van der Waals surface area contributed by atoms with Gasteiger partial charge in [0.1, 0.15) is 0 Å². The first-order valence-corrected chi connectivity index (χ1v) is 5.67.